The summed E-state index contributed by atoms with van der Waals surface area (Å²) in [5, 5.41) is 0.150. The number of primary amides is 1. The van der Waals surface area contributed by atoms with Crippen LogP contribution in [0.4, 0.5) is 0 Å². The molecular formula is C17H21NOS. The highest BCUT2D eigenvalue weighted by Gasteiger charge is 2.14. The molecule has 0 aliphatic heterocycles. The molecule has 0 saturated carbocycles. The Balaban J connectivity index is 2.86. The number of amides is 1. The van der Waals surface area contributed by atoms with Gasteiger partial charge in [0.15, 0.2) is 0 Å². The van der Waals surface area contributed by atoms with Gasteiger partial charge >= 0.3 is 0 Å². The van der Waals surface area contributed by atoms with Crippen molar-refractivity contribution in [3.05, 3.63) is 72.4 Å². The summed E-state index contributed by atoms with van der Waals surface area (Å²) in [7, 11) is 0. The molecule has 0 radical (unpaired) electrons. The first-order valence-corrected chi connectivity index (χ1v) is 7.59. The molecule has 1 rings (SSSR count). The number of benzene rings is 1. The summed E-state index contributed by atoms with van der Waals surface area (Å²) in [6, 6.07) is 10.2. The van der Waals surface area contributed by atoms with Crippen molar-refractivity contribution in [3.8, 4) is 0 Å². The van der Waals surface area contributed by atoms with E-state index in [1.165, 1.54) is 11.1 Å². The van der Waals surface area contributed by atoms with Gasteiger partial charge in [0.05, 0.1) is 11.0 Å². The topological polar surface area (TPSA) is 43.1 Å². The van der Waals surface area contributed by atoms with Crippen molar-refractivity contribution in [2.24, 2.45) is 5.73 Å². The zero-order chi connectivity index (χ0) is 14.8. The molecule has 0 heterocycles. The van der Waals surface area contributed by atoms with Gasteiger partial charge in [-0.1, -0.05) is 60.2 Å². The summed E-state index contributed by atoms with van der Waals surface area (Å²) in [6.45, 7) is 5.75. The summed E-state index contributed by atoms with van der Waals surface area (Å²) < 4.78 is 0. The lowest BCUT2D eigenvalue weighted by molar-refractivity contribution is -0.115. The number of carbonyl (C=O) groups excluding carboxylic acids is 1. The second-order valence-electron chi connectivity index (χ2n) is 4.43. The van der Waals surface area contributed by atoms with Gasteiger partial charge in [-0.05, 0) is 18.9 Å². The third-order valence-corrected chi connectivity index (χ3v) is 4.13. The Hall–Kier alpha value is -1.74. The lowest BCUT2D eigenvalue weighted by Crippen LogP contribution is -2.14. The predicted molar refractivity (Wildman–Crippen MR) is 88.5 cm³/mol. The molecule has 1 aromatic rings. The Kier molecular flexibility index (Phi) is 7.51. The van der Waals surface area contributed by atoms with Gasteiger partial charge < -0.3 is 5.73 Å². The van der Waals surface area contributed by atoms with Gasteiger partial charge in [-0.3, -0.25) is 4.79 Å². The van der Waals surface area contributed by atoms with Gasteiger partial charge in [-0.2, -0.15) is 0 Å². The van der Waals surface area contributed by atoms with Crippen LogP contribution in [0.15, 0.2) is 66.8 Å². The Morgan fingerprint density at radius 2 is 2.10 bits per heavy atom. The van der Waals surface area contributed by atoms with E-state index in [0.29, 0.717) is 5.75 Å². The van der Waals surface area contributed by atoms with Crippen molar-refractivity contribution >= 4 is 17.7 Å². The SMILES string of the molecule is C=CC/C=C\C=C(/C)C(SCC(N)=O)c1ccccc1. The molecular weight excluding hydrogens is 266 g/mol. The maximum atomic E-state index is 11.0. The molecule has 0 spiro atoms. The molecule has 0 aliphatic carbocycles. The molecule has 0 aromatic heterocycles. The van der Waals surface area contributed by atoms with E-state index in [4.69, 9.17) is 5.73 Å². The molecule has 20 heavy (non-hydrogen) atoms. The fourth-order valence-electron chi connectivity index (χ4n) is 1.77. The van der Waals surface area contributed by atoms with E-state index in [0.717, 1.165) is 6.42 Å². The van der Waals surface area contributed by atoms with E-state index >= 15 is 0 Å². The lowest BCUT2D eigenvalue weighted by atomic mass is 10.1. The average Bonchev–Trinajstić information content (AvgIpc) is 2.44. The van der Waals surface area contributed by atoms with E-state index in [9.17, 15) is 4.79 Å². The zero-order valence-electron chi connectivity index (χ0n) is 11.8. The summed E-state index contributed by atoms with van der Waals surface area (Å²) in [5.74, 6) is 0.0344. The molecule has 0 saturated heterocycles. The van der Waals surface area contributed by atoms with Crippen molar-refractivity contribution in [1.82, 2.24) is 0 Å². The number of allylic oxidation sites excluding steroid dienone is 4. The van der Waals surface area contributed by atoms with E-state index in [1.807, 2.05) is 30.4 Å². The summed E-state index contributed by atoms with van der Waals surface area (Å²) >= 11 is 1.56. The van der Waals surface area contributed by atoms with Crippen LogP contribution >= 0.6 is 11.8 Å². The molecule has 0 fully saturated rings. The predicted octanol–water partition coefficient (Wildman–Crippen LogP) is 4.02. The number of thioether (sulfide) groups is 1. The van der Waals surface area contributed by atoms with Gasteiger partial charge in [0.25, 0.3) is 0 Å². The lowest BCUT2D eigenvalue weighted by Gasteiger charge is -2.17. The Morgan fingerprint density at radius 3 is 2.70 bits per heavy atom. The monoisotopic (exact) mass is 287 g/mol. The molecule has 1 atom stereocenters. The van der Waals surface area contributed by atoms with Crippen molar-refractivity contribution in [2.45, 2.75) is 18.6 Å². The van der Waals surface area contributed by atoms with Crippen LogP contribution in [0.5, 0.6) is 0 Å². The fraction of sp³-hybridized carbons (Fsp3) is 0.235. The largest absolute Gasteiger partial charge is 0.369 e. The minimum Gasteiger partial charge on any atom is -0.369 e. The number of rotatable bonds is 8. The molecule has 1 aromatic carbocycles. The minimum atomic E-state index is -0.286. The second kappa shape index (κ2) is 9.21. The summed E-state index contributed by atoms with van der Waals surface area (Å²) in [4.78, 5) is 11.0. The van der Waals surface area contributed by atoms with Crippen LogP contribution in [0, 0.1) is 0 Å². The minimum absolute atomic E-state index is 0.150. The van der Waals surface area contributed by atoms with Crippen LogP contribution in [0.25, 0.3) is 0 Å². The standard InChI is InChI=1S/C17H21NOS/c1-3-4-5-7-10-14(2)17(20-13-16(18)19)15-11-8-6-9-12-15/h3,5-12,17H,1,4,13H2,2H3,(H2,18,19)/b7-5-,14-10+. The summed E-state index contributed by atoms with van der Waals surface area (Å²) in [5.41, 5.74) is 7.64. The van der Waals surface area contributed by atoms with Crippen LogP contribution in [-0.4, -0.2) is 11.7 Å². The molecule has 0 bridgehead atoms. The van der Waals surface area contributed by atoms with Crippen molar-refractivity contribution < 1.29 is 4.79 Å². The normalized spacial score (nSPS) is 13.3. The number of carbonyl (C=O) groups is 1. The highest BCUT2D eigenvalue weighted by atomic mass is 32.2. The Morgan fingerprint density at radius 1 is 1.40 bits per heavy atom. The third kappa shape index (κ3) is 5.93. The van der Waals surface area contributed by atoms with E-state index in [2.05, 4.69) is 37.8 Å². The van der Waals surface area contributed by atoms with Crippen LogP contribution in [0.2, 0.25) is 0 Å². The van der Waals surface area contributed by atoms with Gasteiger partial charge in [0.1, 0.15) is 0 Å². The molecule has 1 unspecified atom stereocenters. The first kappa shape index (κ1) is 16.3. The number of hydrogen-bond donors (Lipinski definition) is 1. The average molecular weight is 287 g/mol. The molecule has 1 amide bonds. The van der Waals surface area contributed by atoms with Gasteiger partial charge in [0, 0.05) is 0 Å². The Labute approximate surface area is 125 Å². The highest BCUT2D eigenvalue weighted by molar-refractivity contribution is 8.00. The fourth-order valence-corrected chi connectivity index (χ4v) is 2.79. The molecule has 3 heteroatoms. The quantitative estimate of drug-likeness (QED) is 0.579. The van der Waals surface area contributed by atoms with Crippen LogP contribution in [0.3, 0.4) is 0 Å². The number of hydrogen-bond acceptors (Lipinski definition) is 2. The van der Waals surface area contributed by atoms with E-state index < -0.39 is 0 Å². The molecule has 2 nitrogen and oxygen atoms in total. The van der Waals surface area contributed by atoms with Crippen LogP contribution in [-0.2, 0) is 4.79 Å². The zero-order valence-corrected chi connectivity index (χ0v) is 12.6. The van der Waals surface area contributed by atoms with Crippen molar-refractivity contribution in [3.63, 3.8) is 0 Å². The molecule has 2 N–H and O–H groups in total. The van der Waals surface area contributed by atoms with Gasteiger partial charge in [-0.25, -0.2) is 0 Å². The maximum Gasteiger partial charge on any atom is 0.227 e. The molecule has 0 aliphatic rings. The number of nitrogens with two attached hydrogens (primary N) is 1. The smallest absolute Gasteiger partial charge is 0.227 e. The highest BCUT2D eigenvalue weighted by Crippen LogP contribution is 2.35. The van der Waals surface area contributed by atoms with Crippen molar-refractivity contribution in [2.75, 3.05) is 5.75 Å². The van der Waals surface area contributed by atoms with Gasteiger partial charge in [0.2, 0.25) is 5.91 Å². The summed E-state index contributed by atoms with van der Waals surface area (Å²) in [6.07, 6.45) is 8.87. The maximum absolute atomic E-state index is 11.0. The first-order chi connectivity index (χ1) is 9.65. The van der Waals surface area contributed by atoms with Crippen LogP contribution < -0.4 is 5.73 Å². The third-order valence-electron chi connectivity index (χ3n) is 2.71. The second-order valence-corrected chi connectivity index (χ2v) is 5.52. The van der Waals surface area contributed by atoms with Crippen molar-refractivity contribution in [1.29, 1.82) is 0 Å². The van der Waals surface area contributed by atoms with E-state index in [-0.39, 0.29) is 11.2 Å². The van der Waals surface area contributed by atoms with Gasteiger partial charge in [-0.15, -0.1) is 18.3 Å². The first-order valence-electron chi connectivity index (χ1n) is 6.54. The molecule has 106 valence electrons. The Bertz CT molecular complexity index is 491. The van der Waals surface area contributed by atoms with Crippen LogP contribution in [0.1, 0.15) is 24.2 Å². The van der Waals surface area contributed by atoms with E-state index in [1.54, 1.807) is 11.8 Å².